The zero-order valence-corrected chi connectivity index (χ0v) is 13.3. The normalized spacial score (nSPS) is 10.6. The Morgan fingerprint density at radius 2 is 1.95 bits per heavy atom. The Morgan fingerprint density at radius 3 is 2.77 bits per heavy atom. The number of pyridine rings is 1. The first kappa shape index (κ1) is 14.7. The molecule has 0 radical (unpaired) electrons. The number of rotatable bonds is 6. The second-order valence-electron chi connectivity index (χ2n) is 5.14. The molecule has 0 spiro atoms. The van der Waals surface area contributed by atoms with Crippen molar-refractivity contribution in [2.45, 2.75) is 19.8 Å². The summed E-state index contributed by atoms with van der Waals surface area (Å²) in [5, 5.41) is 13.7. The Balaban J connectivity index is 1.53. The summed E-state index contributed by atoms with van der Waals surface area (Å²) in [6.07, 6.45) is 5.54. The maximum absolute atomic E-state index is 4.25. The molecule has 1 aromatic carbocycles. The summed E-state index contributed by atoms with van der Waals surface area (Å²) in [5.74, 6) is 0. The van der Waals surface area contributed by atoms with Crippen molar-refractivity contribution in [1.82, 2.24) is 15.2 Å². The minimum Gasteiger partial charge on any atom is -0.360 e. The molecule has 0 fully saturated rings. The lowest BCUT2D eigenvalue weighted by molar-refractivity contribution is 0.963. The molecular formula is C17H18N4S. The van der Waals surface area contributed by atoms with E-state index in [1.54, 1.807) is 11.3 Å². The summed E-state index contributed by atoms with van der Waals surface area (Å²) >= 11 is 1.62. The highest BCUT2D eigenvalue weighted by Gasteiger charge is 2.05. The molecule has 0 amide bonds. The lowest BCUT2D eigenvalue weighted by Gasteiger charge is -2.05. The molecule has 0 aliphatic heterocycles. The highest BCUT2D eigenvalue weighted by Crippen LogP contribution is 2.18. The van der Waals surface area contributed by atoms with E-state index in [0.29, 0.717) is 0 Å². The first-order valence-corrected chi connectivity index (χ1v) is 8.12. The van der Waals surface area contributed by atoms with Gasteiger partial charge in [-0.2, -0.15) is 0 Å². The van der Waals surface area contributed by atoms with Gasteiger partial charge in [0.1, 0.15) is 5.01 Å². The van der Waals surface area contributed by atoms with Gasteiger partial charge >= 0.3 is 0 Å². The van der Waals surface area contributed by atoms with Crippen LogP contribution in [0.5, 0.6) is 0 Å². The first-order valence-electron chi connectivity index (χ1n) is 7.31. The number of nitrogens with zero attached hydrogens (tertiary/aromatic N) is 3. The van der Waals surface area contributed by atoms with Crippen LogP contribution in [0, 0.1) is 6.92 Å². The molecule has 0 atom stereocenters. The third-order valence-corrected chi connectivity index (χ3v) is 4.35. The van der Waals surface area contributed by atoms with Crippen LogP contribution in [0.15, 0.2) is 48.8 Å². The number of hydrogen-bond acceptors (Lipinski definition) is 5. The Morgan fingerprint density at radius 1 is 1.09 bits per heavy atom. The highest BCUT2D eigenvalue weighted by molar-refractivity contribution is 7.15. The van der Waals surface area contributed by atoms with Gasteiger partial charge in [0.15, 0.2) is 0 Å². The van der Waals surface area contributed by atoms with Crippen LogP contribution in [0.2, 0.25) is 0 Å². The van der Waals surface area contributed by atoms with Crippen molar-refractivity contribution < 1.29 is 0 Å². The maximum atomic E-state index is 4.25. The van der Waals surface area contributed by atoms with Gasteiger partial charge in [-0.05, 0) is 36.1 Å². The van der Waals surface area contributed by atoms with Gasteiger partial charge < -0.3 is 5.32 Å². The smallest absolute Gasteiger partial charge is 0.205 e. The molecule has 3 aromatic rings. The maximum Gasteiger partial charge on any atom is 0.205 e. The summed E-state index contributed by atoms with van der Waals surface area (Å²) < 4.78 is 0. The van der Waals surface area contributed by atoms with Crippen molar-refractivity contribution in [3.8, 4) is 0 Å². The van der Waals surface area contributed by atoms with Crippen LogP contribution in [0.25, 0.3) is 0 Å². The zero-order chi connectivity index (χ0) is 15.2. The summed E-state index contributed by atoms with van der Waals surface area (Å²) in [4.78, 5) is 4.11. The zero-order valence-electron chi connectivity index (χ0n) is 12.5. The Bertz CT molecular complexity index is 724. The molecule has 22 heavy (non-hydrogen) atoms. The molecule has 0 saturated heterocycles. The molecule has 0 unspecified atom stereocenters. The molecule has 4 nitrogen and oxygen atoms in total. The summed E-state index contributed by atoms with van der Waals surface area (Å²) in [7, 11) is 0. The molecule has 3 rings (SSSR count). The lowest BCUT2D eigenvalue weighted by atomic mass is 10.1. The number of benzene rings is 1. The van der Waals surface area contributed by atoms with Crippen molar-refractivity contribution in [2.24, 2.45) is 0 Å². The van der Waals surface area contributed by atoms with Crippen LogP contribution in [-0.2, 0) is 12.8 Å². The van der Waals surface area contributed by atoms with Crippen molar-refractivity contribution >= 4 is 16.5 Å². The van der Waals surface area contributed by atoms with Gasteiger partial charge in [0, 0.05) is 25.4 Å². The fraction of sp³-hybridized carbons (Fsp3) is 0.235. The fourth-order valence-electron chi connectivity index (χ4n) is 2.25. The van der Waals surface area contributed by atoms with Crippen molar-refractivity contribution in [3.05, 3.63) is 70.5 Å². The molecule has 1 N–H and O–H groups in total. The Hall–Kier alpha value is -2.27. The minimum absolute atomic E-state index is 0.837. The predicted molar refractivity (Wildman–Crippen MR) is 90.3 cm³/mol. The van der Waals surface area contributed by atoms with Gasteiger partial charge in [-0.3, -0.25) is 4.98 Å². The Labute approximate surface area is 134 Å². The van der Waals surface area contributed by atoms with E-state index in [2.05, 4.69) is 45.6 Å². The fourth-order valence-corrected chi connectivity index (χ4v) is 3.05. The van der Waals surface area contributed by atoms with Gasteiger partial charge in [0.05, 0.1) is 0 Å². The molecule has 0 bridgehead atoms. The van der Waals surface area contributed by atoms with Crippen LogP contribution in [-0.4, -0.2) is 21.7 Å². The van der Waals surface area contributed by atoms with Crippen LogP contribution in [0.1, 0.15) is 21.7 Å². The van der Waals surface area contributed by atoms with Gasteiger partial charge in [-0.25, -0.2) is 0 Å². The largest absolute Gasteiger partial charge is 0.360 e. The van der Waals surface area contributed by atoms with Crippen LogP contribution < -0.4 is 5.32 Å². The van der Waals surface area contributed by atoms with E-state index < -0.39 is 0 Å². The second-order valence-corrected chi connectivity index (χ2v) is 6.20. The van der Waals surface area contributed by atoms with Crippen molar-refractivity contribution in [1.29, 1.82) is 0 Å². The van der Waals surface area contributed by atoms with E-state index in [0.717, 1.165) is 29.5 Å². The van der Waals surface area contributed by atoms with E-state index >= 15 is 0 Å². The van der Waals surface area contributed by atoms with E-state index in [1.807, 2.05) is 30.6 Å². The molecule has 0 aliphatic rings. The third kappa shape index (κ3) is 3.89. The summed E-state index contributed by atoms with van der Waals surface area (Å²) in [6.45, 7) is 2.94. The molecular weight excluding hydrogens is 292 g/mol. The highest BCUT2D eigenvalue weighted by atomic mass is 32.1. The number of hydrogen-bond donors (Lipinski definition) is 1. The molecule has 5 heteroatoms. The quantitative estimate of drug-likeness (QED) is 0.757. The van der Waals surface area contributed by atoms with Crippen LogP contribution in [0.3, 0.4) is 0 Å². The van der Waals surface area contributed by atoms with E-state index in [4.69, 9.17) is 0 Å². The predicted octanol–water partition coefficient (Wildman–Crippen LogP) is 3.49. The van der Waals surface area contributed by atoms with E-state index in [-0.39, 0.29) is 0 Å². The van der Waals surface area contributed by atoms with E-state index in [1.165, 1.54) is 16.7 Å². The average Bonchev–Trinajstić information content (AvgIpc) is 2.98. The molecule has 2 heterocycles. The minimum atomic E-state index is 0.837. The molecule has 0 saturated carbocycles. The number of anilines is 1. The Kier molecular flexibility index (Phi) is 4.75. The van der Waals surface area contributed by atoms with Gasteiger partial charge in [-0.15, -0.1) is 10.2 Å². The topological polar surface area (TPSA) is 50.7 Å². The van der Waals surface area contributed by atoms with Crippen LogP contribution in [0.4, 0.5) is 5.13 Å². The first-order chi connectivity index (χ1) is 10.8. The molecule has 112 valence electrons. The SMILES string of the molecule is Cc1cnccc1CCNc1nnc(Cc2ccccc2)s1. The second kappa shape index (κ2) is 7.13. The van der Waals surface area contributed by atoms with Crippen molar-refractivity contribution in [3.63, 3.8) is 0 Å². The summed E-state index contributed by atoms with van der Waals surface area (Å²) in [6, 6.07) is 12.4. The standard InChI is InChI=1S/C17H18N4S/c1-13-12-18-9-7-15(13)8-10-19-17-21-20-16(22-17)11-14-5-3-2-4-6-14/h2-7,9,12H,8,10-11H2,1H3,(H,19,21). The van der Waals surface area contributed by atoms with Gasteiger partial charge in [0.2, 0.25) is 5.13 Å². The van der Waals surface area contributed by atoms with Gasteiger partial charge in [-0.1, -0.05) is 41.7 Å². The van der Waals surface area contributed by atoms with Gasteiger partial charge in [0.25, 0.3) is 0 Å². The monoisotopic (exact) mass is 310 g/mol. The lowest BCUT2D eigenvalue weighted by Crippen LogP contribution is -2.05. The van der Waals surface area contributed by atoms with Crippen molar-refractivity contribution in [2.75, 3.05) is 11.9 Å². The third-order valence-electron chi connectivity index (χ3n) is 3.47. The molecule has 2 aromatic heterocycles. The number of aromatic nitrogens is 3. The van der Waals surface area contributed by atoms with E-state index in [9.17, 15) is 0 Å². The number of aryl methyl sites for hydroxylation is 1. The average molecular weight is 310 g/mol. The number of nitrogens with one attached hydrogen (secondary N) is 1. The molecule has 0 aliphatic carbocycles. The summed E-state index contributed by atoms with van der Waals surface area (Å²) in [5.41, 5.74) is 3.81. The van der Waals surface area contributed by atoms with Crippen LogP contribution >= 0.6 is 11.3 Å².